The number of rotatable bonds is 3. The minimum atomic E-state index is 0.184. The van der Waals surface area contributed by atoms with Gasteiger partial charge in [-0.25, -0.2) is 0 Å². The molecule has 0 bridgehead atoms. The molecule has 3 aromatic carbocycles. The van der Waals surface area contributed by atoms with Crippen molar-refractivity contribution >= 4 is 42.9 Å². The van der Waals surface area contributed by atoms with Gasteiger partial charge in [0.05, 0.1) is 12.8 Å². The van der Waals surface area contributed by atoms with Gasteiger partial charge in [-0.3, -0.25) is 0 Å². The zero-order valence-corrected chi connectivity index (χ0v) is 13.7. The van der Waals surface area contributed by atoms with E-state index >= 15 is 0 Å². The van der Waals surface area contributed by atoms with Crippen molar-refractivity contribution < 1.29 is 9.84 Å². The van der Waals surface area contributed by atoms with Crippen molar-refractivity contribution in [1.29, 1.82) is 0 Å². The maximum absolute atomic E-state index is 10.6. The van der Waals surface area contributed by atoms with E-state index in [-0.39, 0.29) is 5.75 Å². The van der Waals surface area contributed by atoms with Gasteiger partial charge in [0.2, 0.25) is 0 Å². The number of hydrogen-bond acceptors (Lipinski definition) is 5. The normalized spacial score (nSPS) is 11.5. The Morgan fingerprint density at radius 1 is 0.917 bits per heavy atom. The number of ether oxygens (including phenoxy) is 1. The third-order valence-electron chi connectivity index (χ3n) is 3.87. The third kappa shape index (κ3) is 2.49. The van der Waals surface area contributed by atoms with Crippen LogP contribution in [0.4, 0.5) is 10.7 Å². The third-order valence-corrected chi connectivity index (χ3v) is 4.89. The van der Waals surface area contributed by atoms with Crippen LogP contribution in [-0.2, 0) is 0 Å². The molecule has 4 nitrogen and oxygen atoms in total. The van der Waals surface area contributed by atoms with E-state index in [0.717, 1.165) is 26.6 Å². The van der Waals surface area contributed by atoms with E-state index in [2.05, 4.69) is 16.3 Å². The maximum atomic E-state index is 10.6. The van der Waals surface area contributed by atoms with E-state index < -0.39 is 0 Å². The summed E-state index contributed by atoms with van der Waals surface area (Å²) in [5.41, 5.74) is 0.706. The van der Waals surface area contributed by atoms with Gasteiger partial charge >= 0.3 is 0 Å². The van der Waals surface area contributed by atoms with Gasteiger partial charge < -0.3 is 9.84 Å². The first-order valence-corrected chi connectivity index (χ1v) is 8.27. The molecule has 5 heteroatoms. The summed E-state index contributed by atoms with van der Waals surface area (Å²) in [6, 6.07) is 19.4. The Morgan fingerprint density at radius 2 is 1.71 bits per heavy atom. The molecule has 4 aromatic rings. The average Bonchev–Trinajstić information content (AvgIpc) is 2.97. The fraction of sp³-hybridized carbons (Fsp3) is 0.0526. The molecule has 0 radical (unpaired) electrons. The van der Waals surface area contributed by atoms with Crippen LogP contribution in [0.15, 0.2) is 70.9 Å². The van der Waals surface area contributed by atoms with Gasteiger partial charge in [0.15, 0.2) is 10.8 Å². The van der Waals surface area contributed by atoms with E-state index in [1.807, 2.05) is 54.6 Å². The van der Waals surface area contributed by atoms with Crippen LogP contribution >= 0.6 is 11.3 Å². The summed E-state index contributed by atoms with van der Waals surface area (Å²) in [4.78, 5) is 0. The molecule has 0 unspecified atom stereocenters. The SMILES string of the molecule is COc1ccc(N=Nc2sc3ccc4ccccc4c3c2O)cc1. The second-order valence-electron chi connectivity index (χ2n) is 5.31. The smallest absolute Gasteiger partial charge is 0.181 e. The van der Waals surface area contributed by atoms with Crippen molar-refractivity contribution in [2.45, 2.75) is 0 Å². The highest BCUT2D eigenvalue weighted by molar-refractivity contribution is 7.23. The van der Waals surface area contributed by atoms with E-state index in [1.54, 1.807) is 7.11 Å². The fourth-order valence-electron chi connectivity index (χ4n) is 2.66. The summed E-state index contributed by atoms with van der Waals surface area (Å²) < 4.78 is 6.12. The van der Waals surface area contributed by atoms with E-state index in [9.17, 15) is 5.11 Å². The lowest BCUT2D eigenvalue weighted by Crippen LogP contribution is -1.79. The molecule has 1 aromatic heterocycles. The first-order valence-electron chi connectivity index (χ1n) is 7.45. The van der Waals surface area contributed by atoms with Gasteiger partial charge in [0.25, 0.3) is 0 Å². The van der Waals surface area contributed by atoms with Gasteiger partial charge in [0.1, 0.15) is 5.75 Å². The van der Waals surface area contributed by atoms with Crippen LogP contribution in [0, 0.1) is 0 Å². The van der Waals surface area contributed by atoms with Gasteiger partial charge in [-0.05, 0) is 41.1 Å². The van der Waals surface area contributed by atoms with Crippen LogP contribution in [0.3, 0.4) is 0 Å². The molecule has 118 valence electrons. The van der Waals surface area contributed by atoms with Crippen LogP contribution in [0.2, 0.25) is 0 Å². The molecule has 0 aliphatic rings. The maximum Gasteiger partial charge on any atom is 0.181 e. The van der Waals surface area contributed by atoms with Crippen molar-refractivity contribution in [3.05, 3.63) is 60.7 Å². The van der Waals surface area contributed by atoms with Crippen LogP contribution in [0.5, 0.6) is 11.5 Å². The van der Waals surface area contributed by atoms with Crippen molar-refractivity contribution in [3.8, 4) is 11.5 Å². The zero-order chi connectivity index (χ0) is 16.5. The summed E-state index contributed by atoms with van der Waals surface area (Å²) >= 11 is 1.43. The summed E-state index contributed by atoms with van der Waals surface area (Å²) in [6.07, 6.45) is 0. The Bertz CT molecular complexity index is 1050. The van der Waals surface area contributed by atoms with Gasteiger partial charge in [0, 0.05) is 10.1 Å². The largest absolute Gasteiger partial charge is 0.504 e. The molecular weight excluding hydrogens is 320 g/mol. The lowest BCUT2D eigenvalue weighted by Gasteiger charge is -1.99. The molecule has 0 aliphatic heterocycles. The standard InChI is InChI=1S/C19H14N2O2S/c1-23-14-9-7-13(8-10-14)20-21-19-18(22)17-15-5-3-2-4-12(15)6-11-16(17)24-19/h2-11,22H,1H3. The summed E-state index contributed by atoms with van der Waals surface area (Å²) in [5, 5.41) is 22.5. The van der Waals surface area contributed by atoms with Gasteiger partial charge in [-0.2, -0.15) is 0 Å². The summed E-state index contributed by atoms with van der Waals surface area (Å²) in [5.74, 6) is 0.953. The molecule has 0 atom stereocenters. The second kappa shape index (κ2) is 5.94. The average molecular weight is 334 g/mol. The monoisotopic (exact) mass is 334 g/mol. The van der Waals surface area contributed by atoms with Crippen molar-refractivity contribution in [3.63, 3.8) is 0 Å². The lowest BCUT2D eigenvalue weighted by atomic mass is 10.1. The molecule has 0 saturated carbocycles. The topological polar surface area (TPSA) is 54.2 Å². The molecule has 0 aliphatic carbocycles. The molecular formula is C19H14N2O2S. The van der Waals surface area contributed by atoms with Crippen LogP contribution in [0.1, 0.15) is 0 Å². The Hall–Kier alpha value is -2.92. The molecule has 1 N–H and O–H groups in total. The van der Waals surface area contributed by atoms with Crippen molar-refractivity contribution in [1.82, 2.24) is 0 Å². The number of methoxy groups -OCH3 is 1. The Morgan fingerprint density at radius 3 is 2.50 bits per heavy atom. The molecule has 0 saturated heterocycles. The summed E-state index contributed by atoms with van der Waals surface area (Å²) in [7, 11) is 1.62. The molecule has 0 fully saturated rings. The van der Waals surface area contributed by atoms with Crippen LogP contribution in [-0.4, -0.2) is 12.2 Å². The number of fused-ring (bicyclic) bond motifs is 3. The lowest BCUT2D eigenvalue weighted by molar-refractivity contribution is 0.415. The molecule has 4 rings (SSSR count). The Labute approximate surface area is 142 Å². The molecule has 0 amide bonds. The molecule has 24 heavy (non-hydrogen) atoms. The molecule has 0 spiro atoms. The quantitative estimate of drug-likeness (QED) is 0.454. The number of nitrogens with zero attached hydrogens (tertiary/aromatic N) is 2. The van der Waals surface area contributed by atoms with Gasteiger partial charge in [-0.15, -0.1) is 21.6 Å². The highest BCUT2D eigenvalue weighted by Crippen LogP contribution is 2.46. The Balaban J connectivity index is 1.77. The number of azo groups is 1. The highest BCUT2D eigenvalue weighted by Gasteiger charge is 2.13. The Kier molecular flexibility index (Phi) is 3.63. The first-order chi connectivity index (χ1) is 11.8. The number of hydrogen-bond donors (Lipinski definition) is 1. The predicted octanol–water partition coefficient (Wildman–Crippen LogP) is 6.18. The highest BCUT2D eigenvalue weighted by atomic mass is 32.1. The number of thiophene rings is 1. The van der Waals surface area contributed by atoms with Crippen LogP contribution < -0.4 is 4.74 Å². The van der Waals surface area contributed by atoms with Gasteiger partial charge in [-0.1, -0.05) is 30.3 Å². The summed E-state index contributed by atoms with van der Waals surface area (Å²) in [6.45, 7) is 0. The van der Waals surface area contributed by atoms with E-state index in [4.69, 9.17) is 4.74 Å². The van der Waals surface area contributed by atoms with Crippen molar-refractivity contribution in [2.75, 3.05) is 7.11 Å². The number of aromatic hydroxyl groups is 1. The van der Waals surface area contributed by atoms with E-state index in [0.29, 0.717) is 10.7 Å². The zero-order valence-electron chi connectivity index (χ0n) is 12.9. The molecule has 1 heterocycles. The minimum absolute atomic E-state index is 0.184. The first kappa shape index (κ1) is 14.7. The van der Waals surface area contributed by atoms with E-state index in [1.165, 1.54) is 11.3 Å². The fourth-order valence-corrected chi connectivity index (χ4v) is 3.59. The predicted molar refractivity (Wildman–Crippen MR) is 98.2 cm³/mol. The minimum Gasteiger partial charge on any atom is -0.504 e. The second-order valence-corrected chi connectivity index (χ2v) is 6.34. The number of benzene rings is 3. The van der Waals surface area contributed by atoms with Crippen LogP contribution in [0.25, 0.3) is 20.9 Å². The van der Waals surface area contributed by atoms with Crippen molar-refractivity contribution in [2.24, 2.45) is 10.2 Å².